The lowest BCUT2D eigenvalue weighted by molar-refractivity contribution is -0.112. The van der Waals surface area contributed by atoms with Crippen molar-refractivity contribution in [3.05, 3.63) is 94.8 Å². The molecule has 2 N–H and O–H groups in total. The molecule has 0 aliphatic rings. The molecule has 3 aromatic carbocycles. The van der Waals surface area contributed by atoms with Gasteiger partial charge in [-0.25, -0.2) is 9.18 Å². The van der Waals surface area contributed by atoms with E-state index in [0.29, 0.717) is 29.4 Å². The van der Waals surface area contributed by atoms with E-state index in [9.17, 15) is 19.2 Å². The molecule has 3 rings (SSSR count). The van der Waals surface area contributed by atoms with Crippen LogP contribution in [0.5, 0.6) is 11.5 Å². The zero-order valence-corrected chi connectivity index (χ0v) is 18.2. The standard InChI is InChI=1S/C26H21FN2O5/c1-2-33-24-14-18(5-12-23(24)34-16-17-3-8-21(27)9-4-17)13-20(15-28)25(30)29-22-10-6-19(7-11-22)26(31)32/h3-14H,2,16H2,1H3,(H,29,30)(H,31,32)/b20-13+. The van der Waals surface area contributed by atoms with E-state index >= 15 is 0 Å². The quantitative estimate of drug-likeness (QED) is 0.342. The third kappa shape index (κ3) is 6.43. The van der Waals surface area contributed by atoms with E-state index in [1.165, 1.54) is 42.5 Å². The SMILES string of the molecule is CCOc1cc(/C=C(\C#N)C(=O)Nc2ccc(C(=O)O)cc2)ccc1OCc1ccc(F)cc1. The van der Waals surface area contributed by atoms with Gasteiger partial charge in [0.25, 0.3) is 5.91 Å². The number of nitrogens with one attached hydrogen (secondary N) is 1. The fraction of sp³-hybridized carbons (Fsp3) is 0.115. The van der Waals surface area contributed by atoms with Crippen LogP contribution < -0.4 is 14.8 Å². The molecule has 0 spiro atoms. The topological polar surface area (TPSA) is 109 Å². The monoisotopic (exact) mass is 460 g/mol. The number of hydrogen-bond acceptors (Lipinski definition) is 5. The molecule has 172 valence electrons. The van der Waals surface area contributed by atoms with Gasteiger partial charge in [-0.15, -0.1) is 0 Å². The van der Waals surface area contributed by atoms with E-state index in [4.69, 9.17) is 14.6 Å². The Morgan fingerprint density at radius 1 is 1.03 bits per heavy atom. The van der Waals surface area contributed by atoms with Gasteiger partial charge in [-0.05, 0) is 72.7 Å². The molecule has 1 amide bonds. The summed E-state index contributed by atoms with van der Waals surface area (Å²) in [6.45, 7) is 2.40. The normalized spacial score (nSPS) is 10.8. The summed E-state index contributed by atoms with van der Waals surface area (Å²) in [5, 5.41) is 21.0. The number of carboxylic acids is 1. The van der Waals surface area contributed by atoms with Crippen LogP contribution in [0.15, 0.2) is 72.3 Å². The lowest BCUT2D eigenvalue weighted by Crippen LogP contribution is -2.13. The van der Waals surface area contributed by atoms with Crippen molar-refractivity contribution in [2.24, 2.45) is 0 Å². The average Bonchev–Trinajstić information content (AvgIpc) is 2.83. The fourth-order valence-corrected chi connectivity index (χ4v) is 2.95. The summed E-state index contributed by atoms with van der Waals surface area (Å²) in [6, 6.07) is 18.4. The number of halogens is 1. The molecule has 0 atom stereocenters. The number of hydrogen-bond donors (Lipinski definition) is 2. The Bertz CT molecular complexity index is 1250. The molecular weight excluding hydrogens is 439 g/mol. The summed E-state index contributed by atoms with van der Waals surface area (Å²) in [4.78, 5) is 23.5. The van der Waals surface area contributed by atoms with Crippen LogP contribution in [-0.2, 0) is 11.4 Å². The number of nitrogens with zero attached hydrogens (tertiary/aromatic N) is 1. The average molecular weight is 460 g/mol. The Morgan fingerprint density at radius 3 is 2.35 bits per heavy atom. The van der Waals surface area contributed by atoms with E-state index in [1.54, 1.807) is 30.3 Å². The number of amides is 1. The van der Waals surface area contributed by atoms with Gasteiger partial charge in [0.15, 0.2) is 11.5 Å². The fourth-order valence-electron chi connectivity index (χ4n) is 2.95. The number of carbonyl (C=O) groups is 2. The van der Waals surface area contributed by atoms with Crippen LogP contribution in [0, 0.1) is 17.1 Å². The largest absolute Gasteiger partial charge is 0.490 e. The molecule has 0 fully saturated rings. The summed E-state index contributed by atoms with van der Waals surface area (Å²) < 4.78 is 24.5. The van der Waals surface area contributed by atoms with Crippen LogP contribution in [0.3, 0.4) is 0 Å². The van der Waals surface area contributed by atoms with E-state index < -0.39 is 11.9 Å². The molecule has 0 saturated carbocycles. The zero-order chi connectivity index (χ0) is 24.5. The number of carboxylic acid groups (broad SMARTS) is 1. The lowest BCUT2D eigenvalue weighted by atomic mass is 10.1. The Kier molecular flexibility index (Phi) is 7.97. The first-order valence-corrected chi connectivity index (χ1v) is 10.3. The Hall–Kier alpha value is -4.64. The molecule has 0 heterocycles. The lowest BCUT2D eigenvalue weighted by Gasteiger charge is -2.13. The molecule has 0 aliphatic carbocycles. The maximum Gasteiger partial charge on any atom is 0.335 e. The zero-order valence-electron chi connectivity index (χ0n) is 18.2. The van der Waals surface area contributed by atoms with Gasteiger partial charge in [-0.3, -0.25) is 4.79 Å². The number of benzene rings is 3. The highest BCUT2D eigenvalue weighted by Gasteiger charge is 2.12. The van der Waals surface area contributed by atoms with Crippen LogP contribution in [-0.4, -0.2) is 23.6 Å². The number of rotatable bonds is 9. The molecule has 0 saturated heterocycles. The smallest absolute Gasteiger partial charge is 0.335 e. The highest BCUT2D eigenvalue weighted by Crippen LogP contribution is 2.30. The second kappa shape index (κ2) is 11.3. The summed E-state index contributed by atoms with van der Waals surface area (Å²) >= 11 is 0. The van der Waals surface area contributed by atoms with Gasteiger partial charge in [0.1, 0.15) is 24.1 Å². The molecule has 0 unspecified atom stereocenters. The molecule has 7 nitrogen and oxygen atoms in total. The van der Waals surface area contributed by atoms with Crippen molar-refractivity contribution in [2.75, 3.05) is 11.9 Å². The first-order chi connectivity index (χ1) is 16.4. The van der Waals surface area contributed by atoms with Crippen LogP contribution in [0.4, 0.5) is 10.1 Å². The van der Waals surface area contributed by atoms with Crippen molar-refractivity contribution >= 4 is 23.6 Å². The minimum absolute atomic E-state index is 0.0826. The molecule has 0 radical (unpaired) electrons. The van der Waals surface area contributed by atoms with E-state index in [0.717, 1.165) is 5.56 Å². The summed E-state index contributed by atoms with van der Waals surface area (Å²) in [7, 11) is 0. The van der Waals surface area contributed by atoms with Crippen molar-refractivity contribution in [1.29, 1.82) is 5.26 Å². The highest BCUT2D eigenvalue weighted by molar-refractivity contribution is 6.09. The molecule has 8 heteroatoms. The molecule has 0 aromatic heterocycles. The third-order valence-corrected chi connectivity index (χ3v) is 4.64. The number of anilines is 1. The van der Waals surface area contributed by atoms with Gasteiger partial charge < -0.3 is 19.9 Å². The van der Waals surface area contributed by atoms with E-state index in [-0.39, 0.29) is 23.6 Å². The minimum atomic E-state index is -1.08. The van der Waals surface area contributed by atoms with Crippen LogP contribution in [0.1, 0.15) is 28.4 Å². The maximum absolute atomic E-state index is 13.1. The second-order valence-electron chi connectivity index (χ2n) is 7.06. The van der Waals surface area contributed by atoms with Gasteiger partial charge in [-0.1, -0.05) is 18.2 Å². The molecule has 0 bridgehead atoms. The maximum atomic E-state index is 13.1. The van der Waals surface area contributed by atoms with Gasteiger partial charge in [-0.2, -0.15) is 5.26 Å². The van der Waals surface area contributed by atoms with Crippen molar-refractivity contribution in [1.82, 2.24) is 0 Å². The van der Waals surface area contributed by atoms with Crippen molar-refractivity contribution < 1.29 is 28.6 Å². The predicted molar refractivity (Wildman–Crippen MR) is 124 cm³/mol. The molecule has 3 aromatic rings. The van der Waals surface area contributed by atoms with Crippen molar-refractivity contribution in [3.8, 4) is 17.6 Å². The predicted octanol–water partition coefficient (Wildman–Crippen LogP) is 5.05. The van der Waals surface area contributed by atoms with Gasteiger partial charge >= 0.3 is 5.97 Å². The van der Waals surface area contributed by atoms with Crippen LogP contribution in [0.25, 0.3) is 6.08 Å². The minimum Gasteiger partial charge on any atom is -0.490 e. The summed E-state index contributed by atoms with van der Waals surface area (Å²) in [5.41, 5.74) is 1.62. The van der Waals surface area contributed by atoms with Crippen molar-refractivity contribution in [3.63, 3.8) is 0 Å². The number of aromatic carboxylic acids is 1. The van der Waals surface area contributed by atoms with Crippen LogP contribution >= 0.6 is 0 Å². The highest BCUT2D eigenvalue weighted by atomic mass is 19.1. The number of carbonyl (C=O) groups excluding carboxylic acids is 1. The summed E-state index contributed by atoms with van der Waals surface area (Å²) in [6.07, 6.45) is 1.41. The number of nitriles is 1. The van der Waals surface area contributed by atoms with Crippen molar-refractivity contribution in [2.45, 2.75) is 13.5 Å². The Balaban J connectivity index is 1.75. The third-order valence-electron chi connectivity index (χ3n) is 4.64. The first-order valence-electron chi connectivity index (χ1n) is 10.3. The second-order valence-corrected chi connectivity index (χ2v) is 7.06. The van der Waals surface area contributed by atoms with Gasteiger partial charge in [0.2, 0.25) is 0 Å². The Morgan fingerprint density at radius 2 is 1.74 bits per heavy atom. The molecular formula is C26H21FN2O5. The first kappa shape index (κ1) is 24.0. The number of ether oxygens (including phenoxy) is 2. The Labute approximate surface area is 195 Å². The van der Waals surface area contributed by atoms with Crippen LogP contribution in [0.2, 0.25) is 0 Å². The molecule has 0 aliphatic heterocycles. The van der Waals surface area contributed by atoms with E-state index in [2.05, 4.69) is 5.32 Å². The van der Waals surface area contributed by atoms with Gasteiger partial charge in [0.05, 0.1) is 12.2 Å². The van der Waals surface area contributed by atoms with E-state index in [1.807, 2.05) is 13.0 Å². The van der Waals surface area contributed by atoms with Gasteiger partial charge in [0, 0.05) is 5.69 Å². The summed E-state index contributed by atoms with van der Waals surface area (Å²) in [5.74, 6) is -1.15. The molecule has 34 heavy (non-hydrogen) atoms.